The summed E-state index contributed by atoms with van der Waals surface area (Å²) in [5.74, 6) is 0.119. The average molecular weight is 355 g/mol. The van der Waals surface area contributed by atoms with Gasteiger partial charge in [0, 0.05) is 12.8 Å². The summed E-state index contributed by atoms with van der Waals surface area (Å²) in [7, 11) is 0. The Hall–Kier alpha value is -1.55. The van der Waals surface area contributed by atoms with Gasteiger partial charge in [-0.15, -0.1) is 0 Å². The molecule has 1 aromatic carbocycles. The number of carbonyl (C=O) groups excluding carboxylic acids is 2. The van der Waals surface area contributed by atoms with E-state index in [-0.39, 0.29) is 18.8 Å². The predicted molar refractivity (Wildman–Crippen MR) is 95.2 cm³/mol. The topological polar surface area (TPSA) is 52.6 Å². The summed E-state index contributed by atoms with van der Waals surface area (Å²) in [5.41, 5.74) is 0. The number of benzene rings is 1. The molecule has 0 radical (unpaired) electrons. The highest BCUT2D eigenvalue weighted by atomic mass is 35.5. The third kappa shape index (κ3) is 8.34. The molecule has 4 nitrogen and oxygen atoms in total. The highest BCUT2D eigenvalue weighted by molar-refractivity contribution is 6.32. The van der Waals surface area contributed by atoms with E-state index < -0.39 is 5.97 Å². The number of rotatable bonds is 11. The van der Waals surface area contributed by atoms with E-state index in [0.717, 1.165) is 25.7 Å². The van der Waals surface area contributed by atoms with E-state index in [4.69, 9.17) is 21.1 Å². The lowest BCUT2D eigenvalue weighted by atomic mass is 10.0. The van der Waals surface area contributed by atoms with Crippen LogP contribution in [0.15, 0.2) is 24.3 Å². The van der Waals surface area contributed by atoms with Crippen LogP contribution in [0, 0.1) is 5.92 Å². The fourth-order valence-electron chi connectivity index (χ4n) is 2.26. The van der Waals surface area contributed by atoms with Crippen LogP contribution in [0.2, 0.25) is 5.02 Å². The van der Waals surface area contributed by atoms with Gasteiger partial charge in [0.25, 0.3) is 0 Å². The molecule has 0 aliphatic heterocycles. The molecule has 1 aromatic rings. The molecule has 0 spiro atoms. The minimum absolute atomic E-state index is 0.160. The van der Waals surface area contributed by atoms with Gasteiger partial charge < -0.3 is 9.47 Å². The Morgan fingerprint density at radius 2 is 1.79 bits per heavy atom. The third-order valence-corrected chi connectivity index (χ3v) is 4.16. The maximum atomic E-state index is 11.7. The SMILES string of the molecule is CCCCC(CC)COC(=O)CCCC(=O)Oc1ccccc1Cl. The van der Waals surface area contributed by atoms with Gasteiger partial charge in [-0.25, -0.2) is 0 Å². The zero-order valence-electron chi connectivity index (χ0n) is 14.6. The fraction of sp³-hybridized carbons (Fsp3) is 0.579. The lowest BCUT2D eigenvalue weighted by molar-refractivity contribution is -0.145. The molecule has 0 saturated carbocycles. The summed E-state index contributed by atoms with van der Waals surface area (Å²) >= 11 is 5.92. The van der Waals surface area contributed by atoms with Crippen molar-refractivity contribution in [2.24, 2.45) is 5.92 Å². The molecule has 1 rings (SSSR count). The van der Waals surface area contributed by atoms with E-state index in [1.165, 1.54) is 0 Å². The standard InChI is InChI=1S/C19H27ClO4/c1-3-5-9-15(4-2)14-23-18(21)12-8-13-19(22)24-17-11-7-6-10-16(17)20/h6-7,10-11,15H,3-5,8-9,12-14H2,1-2H3. The molecule has 0 fully saturated rings. The van der Waals surface area contributed by atoms with Gasteiger partial charge in [-0.3, -0.25) is 9.59 Å². The Labute approximate surface area is 149 Å². The van der Waals surface area contributed by atoms with Gasteiger partial charge in [-0.1, -0.05) is 56.8 Å². The molecule has 134 valence electrons. The van der Waals surface area contributed by atoms with Crippen LogP contribution in [-0.4, -0.2) is 18.5 Å². The van der Waals surface area contributed by atoms with E-state index in [1.807, 2.05) is 0 Å². The quantitative estimate of drug-likeness (QED) is 0.406. The van der Waals surface area contributed by atoms with Crippen molar-refractivity contribution in [3.05, 3.63) is 29.3 Å². The van der Waals surface area contributed by atoms with E-state index in [0.29, 0.717) is 29.7 Å². The molecule has 0 amide bonds. The van der Waals surface area contributed by atoms with Crippen LogP contribution in [0.25, 0.3) is 0 Å². The maximum absolute atomic E-state index is 11.7. The van der Waals surface area contributed by atoms with Crippen molar-refractivity contribution in [1.29, 1.82) is 0 Å². The first-order valence-electron chi connectivity index (χ1n) is 8.67. The van der Waals surface area contributed by atoms with Crippen LogP contribution in [0.3, 0.4) is 0 Å². The maximum Gasteiger partial charge on any atom is 0.311 e. The fourth-order valence-corrected chi connectivity index (χ4v) is 2.43. The summed E-state index contributed by atoms with van der Waals surface area (Å²) in [6, 6.07) is 6.80. The Kier molecular flexibility index (Phi) is 10.2. The first-order valence-corrected chi connectivity index (χ1v) is 9.05. The Morgan fingerprint density at radius 1 is 1.08 bits per heavy atom. The second-order valence-electron chi connectivity index (χ2n) is 5.86. The van der Waals surface area contributed by atoms with Crippen LogP contribution in [0.4, 0.5) is 0 Å². The molecular formula is C19H27ClO4. The zero-order chi connectivity index (χ0) is 17.8. The molecule has 0 heterocycles. The number of carbonyl (C=O) groups is 2. The van der Waals surface area contributed by atoms with Crippen LogP contribution >= 0.6 is 11.6 Å². The smallest absolute Gasteiger partial charge is 0.311 e. The van der Waals surface area contributed by atoms with Gasteiger partial charge in [-0.05, 0) is 30.9 Å². The van der Waals surface area contributed by atoms with Crippen LogP contribution in [0.5, 0.6) is 5.75 Å². The van der Waals surface area contributed by atoms with Crippen LogP contribution in [-0.2, 0) is 14.3 Å². The number of halogens is 1. The number of hydrogen-bond donors (Lipinski definition) is 0. The lowest BCUT2D eigenvalue weighted by Crippen LogP contribution is -2.14. The van der Waals surface area contributed by atoms with Gasteiger partial charge in [0.1, 0.15) is 5.75 Å². The second kappa shape index (κ2) is 11.9. The van der Waals surface area contributed by atoms with Crippen LogP contribution < -0.4 is 4.74 Å². The van der Waals surface area contributed by atoms with Crippen molar-refractivity contribution in [2.75, 3.05) is 6.61 Å². The monoisotopic (exact) mass is 354 g/mol. The van der Waals surface area contributed by atoms with E-state index in [1.54, 1.807) is 24.3 Å². The molecule has 1 unspecified atom stereocenters. The van der Waals surface area contributed by atoms with Gasteiger partial charge >= 0.3 is 11.9 Å². The minimum atomic E-state index is -0.398. The number of unbranched alkanes of at least 4 members (excludes halogenated alkanes) is 1. The molecule has 5 heteroatoms. The summed E-state index contributed by atoms with van der Waals surface area (Å²) in [5, 5.41) is 0.392. The van der Waals surface area contributed by atoms with Gasteiger partial charge in [0.2, 0.25) is 0 Å². The molecule has 0 N–H and O–H groups in total. The molecule has 0 bridgehead atoms. The first-order chi connectivity index (χ1) is 11.6. The van der Waals surface area contributed by atoms with Crippen molar-refractivity contribution in [3.63, 3.8) is 0 Å². The number of hydrogen-bond acceptors (Lipinski definition) is 4. The summed E-state index contributed by atoms with van der Waals surface area (Å²) in [6.45, 7) is 4.73. The Bertz CT molecular complexity index is 516. The van der Waals surface area contributed by atoms with Crippen molar-refractivity contribution >= 4 is 23.5 Å². The molecule has 0 aliphatic rings. The zero-order valence-corrected chi connectivity index (χ0v) is 15.3. The van der Waals surface area contributed by atoms with E-state index in [2.05, 4.69) is 13.8 Å². The van der Waals surface area contributed by atoms with E-state index >= 15 is 0 Å². The first kappa shape index (κ1) is 20.5. The van der Waals surface area contributed by atoms with Gasteiger partial charge in [0.05, 0.1) is 11.6 Å². The molecule has 1 atom stereocenters. The lowest BCUT2D eigenvalue weighted by Gasteiger charge is -2.14. The molecule has 24 heavy (non-hydrogen) atoms. The van der Waals surface area contributed by atoms with Crippen LogP contribution in [0.1, 0.15) is 58.8 Å². The third-order valence-electron chi connectivity index (χ3n) is 3.85. The second-order valence-corrected chi connectivity index (χ2v) is 6.26. The van der Waals surface area contributed by atoms with Gasteiger partial charge in [-0.2, -0.15) is 0 Å². The summed E-state index contributed by atoms with van der Waals surface area (Å²) in [4.78, 5) is 23.5. The van der Waals surface area contributed by atoms with Crippen molar-refractivity contribution in [1.82, 2.24) is 0 Å². The average Bonchev–Trinajstić information content (AvgIpc) is 2.57. The minimum Gasteiger partial charge on any atom is -0.465 e. The summed E-state index contributed by atoms with van der Waals surface area (Å²) < 4.78 is 10.5. The van der Waals surface area contributed by atoms with Crippen molar-refractivity contribution in [3.8, 4) is 5.75 Å². The molecule has 0 saturated heterocycles. The van der Waals surface area contributed by atoms with Gasteiger partial charge in [0.15, 0.2) is 0 Å². The normalized spacial score (nSPS) is 11.8. The number of esters is 2. The largest absolute Gasteiger partial charge is 0.465 e. The van der Waals surface area contributed by atoms with E-state index in [9.17, 15) is 9.59 Å². The van der Waals surface area contributed by atoms with Crippen molar-refractivity contribution < 1.29 is 19.1 Å². The Morgan fingerprint density at radius 3 is 2.46 bits per heavy atom. The molecule has 0 aliphatic carbocycles. The highest BCUT2D eigenvalue weighted by Crippen LogP contribution is 2.23. The number of ether oxygens (including phenoxy) is 2. The number of para-hydroxylation sites is 1. The molecular weight excluding hydrogens is 328 g/mol. The van der Waals surface area contributed by atoms with Crippen molar-refractivity contribution in [2.45, 2.75) is 58.8 Å². The Balaban J connectivity index is 2.20. The summed E-state index contributed by atoms with van der Waals surface area (Å²) in [6.07, 6.45) is 5.20. The highest BCUT2D eigenvalue weighted by Gasteiger charge is 2.12. The predicted octanol–water partition coefficient (Wildman–Crippen LogP) is 5.18. The molecule has 0 aromatic heterocycles.